The minimum absolute atomic E-state index is 0.171. The molecule has 0 aliphatic carbocycles. The highest BCUT2D eigenvalue weighted by Crippen LogP contribution is 2.21. The lowest BCUT2D eigenvalue weighted by atomic mass is 10.2. The van der Waals surface area contributed by atoms with Crippen molar-refractivity contribution in [2.75, 3.05) is 5.32 Å². The lowest BCUT2D eigenvalue weighted by molar-refractivity contribution is -0.119. The summed E-state index contributed by atoms with van der Waals surface area (Å²) in [7, 11) is 0. The molecule has 1 aromatic carbocycles. The second kappa shape index (κ2) is 8.01. The smallest absolute Gasteiger partial charge is 0.249 e. The fraction of sp³-hybridized carbons (Fsp3) is 0.235. The summed E-state index contributed by atoms with van der Waals surface area (Å²) in [4.78, 5) is 12.5. The highest BCUT2D eigenvalue weighted by Gasteiger charge is 2.20. The maximum Gasteiger partial charge on any atom is 0.249 e. The van der Waals surface area contributed by atoms with E-state index in [1.807, 2.05) is 6.92 Å². The van der Waals surface area contributed by atoms with Crippen molar-refractivity contribution in [3.05, 3.63) is 63.9 Å². The molecule has 2 heterocycles. The second-order valence-corrected chi connectivity index (χ2v) is 7.00. The monoisotopic (exact) mass is 439 g/mol. The summed E-state index contributed by atoms with van der Waals surface area (Å²) in [5.41, 5.74) is 0.870. The first-order valence-electron chi connectivity index (χ1n) is 7.93. The Kier molecular flexibility index (Phi) is 5.73. The Bertz CT molecular complexity index is 905. The molecule has 0 aliphatic rings. The average Bonchev–Trinajstić information content (AvgIpc) is 3.21. The Hall–Kier alpha value is -2.19. The quantitative estimate of drug-likeness (QED) is 0.622. The second-order valence-electron chi connectivity index (χ2n) is 5.68. The molecule has 26 heavy (non-hydrogen) atoms. The standard InChI is InChI=1S/C17H16BrClFN5O/c1-2-16(25-8-11(18)6-22-25)17(26)23-12-7-21-24(9-12)10-13-14(19)4-3-5-15(13)20/h3-9,16H,2,10H2,1H3,(H,23,26). The molecule has 9 heteroatoms. The first-order chi connectivity index (χ1) is 12.5. The van der Waals surface area contributed by atoms with Crippen LogP contribution < -0.4 is 5.32 Å². The fourth-order valence-corrected chi connectivity index (χ4v) is 3.09. The number of anilines is 1. The van der Waals surface area contributed by atoms with Crippen LogP contribution in [0.25, 0.3) is 0 Å². The van der Waals surface area contributed by atoms with E-state index in [1.165, 1.54) is 16.9 Å². The van der Waals surface area contributed by atoms with Crippen LogP contribution in [-0.2, 0) is 11.3 Å². The van der Waals surface area contributed by atoms with Crippen molar-refractivity contribution in [2.45, 2.75) is 25.9 Å². The van der Waals surface area contributed by atoms with Crippen molar-refractivity contribution in [3.63, 3.8) is 0 Å². The van der Waals surface area contributed by atoms with Crippen LogP contribution in [0.1, 0.15) is 24.9 Å². The zero-order chi connectivity index (χ0) is 18.7. The van der Waals surface area contributed by atoms with Gasteiger partial charge in [-0.3, -0.25) is 14.2 Å². The zero-order valence-corrected chi connectivity index (χ0v) is 16.2. The van der Waals surface area contributed by atoms with Crippen LogP contribution in [0.5, 0.6) is 0 Å². The molecule has 6 nitrogen and oxygen atoms in total. The maximum absolute atomic E-state index is 13.9. The summed E-state index contributed by atoms with van der Waals surface area (Å²) in [6.07, 6.45) is 7.10. The third kappa shape index (κ3) is 4.13. The van der Waals surface area contributed by atoms with E-state index < -0.39 is 11.9 Å². The van der Waals surface area contributed by atoms with Gasteiger partial charge in [0, 0.05) is 23.0 Å². The van der Waals surface area contributed by atoms with Gasteiger partial charge in [0.2, 0.25) is 5.91 Å². The Morgan fingerprint density at radius 2 is 2.15 bits per heavy atom. The molecular weight excluding hydrogens is 425 g/mol. The summed E-state index contributed by atoms with van der Waals surface area (Å²) in [5, 5.41) is 11.5. The fourth-order valence-electron chi connectivity index (χ4n) is 2.56. The number of benzene rings is 1. The molecule has 1 N–H and O–H groups in total. The minimum Gasteiger partial charge on any atom is -0.322 e. The van der Waals surface area contributed by atoms with Gasteiger partial charge in [-0.2, -0.15) is 10.2 Å². The molecule has 3 aromatic rings. The summed E-state index contributed by atoms with van der Waals surface area (Å²) in [5.74, 6) is -0.597. The SMILES string of the molecule is CCC(C(=O)Nc1cnn(Cc2c(F)cccc2Cl)c1)n1cc(Br)cn1. The highest BCUT2D eigenvalue weighted by atomic mass is 79.9. The molecule has 0 bridgehead atoms. The summed E-state index contributed by atoms with van der Waals surface area (Å²) in [6.45, 7) is 2.08. The van der Waals surface area contributed by atoms with Crippen molar-refractivity contribution < 1.29 is 9.18 Å². The predicted molar refractivity (Wildman–Crippen MR) is 101 cm³/mol. The number of hydrogen-bond acceptors (Lipinski definition) is 3. The van der Waals surface area contributed by atoms with E-state index in [9.17, 15) is 9.18 Å². The normalized spacial score (nSPS) is 12.2. The lowest BCUT2D eigenvalue weighted by Gasteiger charge is -2.14. The Morgan fingerprint density at radius 1 is 1.35 bits per heavy atom. The molecule has 1 amide bonds. The van der Waals surface area contributed by atoms with Gasteiger partial charge in [0.15, 0.2) is 0 Å². The molecule has 136 valence electrons. The summed E-state index contributed by atoms with van der Waals surface area (Å²) in [6, 6.07) is 4.08. The van der Waals surface area contributed by atoms with E-state index in [-0.39, 0.29) is 12.5 Å². The molecule has 0 spiro atoms. The van der Waals surface area contributed by atoms with Gasteiger partial charge in [-0.05, 0) is 34.5 Å². The Balaban J connectivity index is 1.71. The van der Waals surface area contributed by atoms with Crippen molar-refractivity contribution in [1.82, 2.24) is 19.6 Å². The van der Waals surface area contributed by atoms with Crippen LogP contribution >= 0.6 is 27.5 Å². The van der Waals surface area contributed by atoms with Crippen LogP contribution in [0.3, 0.4) is 0 Å². The van der Waals surface area contributed by atoms with Crippen molar-refractivity contribution in [3.8, 4) is 0 Å². The van der Waals surface area contributed by atoms with Gasteiger partial charge in [-0.25, -0.2) is 4.39 Å². The summed E-state index contributed by atoms with van der Waals surface area (Å²) >= 11 is 9.36. The third-order valence-electron chi connectivity index (χ3n) is 3.86. The van der Waals surface area contributed by atoms with Gasteiger partial charge >= 0.3 is 0 Å². The van der Waals surface area contributed by atoms with Crippen LogP contribution in [0.2, 0.25) is 5.02 Å². The molecule has 1 unspecified atom stereocenters. The molecule has 3 rings (SSSR count). The lowest BCUT2D eigenvalue weighted by Crippen LogP contribution is -2.25. The number of nitrogens with zero attached hydrogens (tertiary/aromatic N) is 4. The van der Waals surface area contributed by atoms with E-state index >= 15 is 0 Å². The molecular formula is C17H16BrClFN5O. The van der Waals surface area contributed by atoms with Gasteiger partial charge < -0.3 is 5.32 Å². The van der Waals surface area contributed by atoms with Crippen molar-refractivity contribution in [2.24, 2.45) is 0 Å². The number of amides is 1. The van der Waals surface area contributed by atoms with Crippen LogP contribution in [0.4, 0.5) is 10.1 Å². The van der Waals surface area contributed by atoms with Crippen molar-refractivity contribution in [1.29, 1.82) is 0 Å². The van der Waals surface area contributed by atoms with E-state index in [4.69, 9.17) is 11.6 Å². The zero-order valence-electron chi connectivity index (χ0n) is 13.9. The van der Waals surface area contributed by atoms with E-state index in [0.29, 0.717) is 22.7 Å². The Morgan fingerprint density at radius 3 is 2.81 bits per heavy atom. The van der Waals surface area contributed by atoms with Gasteiger partial charge in [-0.15, -0.1) is 0 Å². The first kappa shape index (κ1) is 18.6. The predicted octanol–water partition coefficient (Wildman–Crippen LogP) is 4.27. The number of carbonyl (C=O) groups excluding carboxylic acids is 1. The topological polar surface area (TPSA) is 64.7 Å². The van der Waals surface area contributed by atoms with E-state index in [1.54, 1.807) is 35.4 Å². The van der Waals surface area contributed by atoms with Crippen molar-refractivity contribution >= 4 is 39.1 Å². The minimum atomic E-state index is -0.439. The van der Waals surface area contributed by atoms with Gasteiger partial charge in [0.05, 0.1) is 29.1 Å². The van der Waals surface area contributed by atoms with Crippen LogP contribution in [0.15, 0.2) is 47.5 Å². The maximum atomic E-state index is 13.9. The number of rotatable bonds is 6. The van der Waals surface area contributed by atoms with E-state index in [0.717, 1.165) is 4.47 Å². The van der Waals surface area contributed by atoms with Gasteiger partial charge in [0.25, 0.3) is 0 Å². The molecule has 0 fully saturated rings. The largest absolute Gasteiger partial charge is 0.322 e. The van der Waals surface area contributed by atoms with Gasteiger partial charge in [-0.1, -0.05) is 24.6 Å². The highest BCUT2D eigenvalue weighted by molar-refractivity contribution is 9.10. The third-order valence-corrected chi connectivity index (χ3v) is 4.62. The molecule has 0 radical (unpaired) electrons. The summed E-state index contributed by atoms with van der Waals surface area (Å²) < 4.78 is 17.8. The molecule has 0 saturated carbocycles. The average molecular weight is 441 g/mol. The van der Waals surface area contributed by atoms with Crippen LogP contribution in [-0.4, -0.2) is 25.5 Å². The van der Waals surface area contributed by atoms with Gasteiger partial charge in [0.1, 0.15) is 11.9 Å². The number of halogens is 3. The molecule has 2 aromatic heterocycles. The molecule has 0 saturated heterocycles. The van der Waals surface area contributed by atoms with Crippen LogP contribution in [0, 0.1) is 5.82 Å². The first-order valence-corrected chi connectivity index (χ1v) is 9.11. The number of hydrogen-bond donors (Lipinski definition) is 1. The number of aromatic nitrogens is 4. The Labute approximate surface area is 163 Å². The number of carbonyl (C=O) groups is 1. The number of nitrogens with one attached hydrogen (secondary N) is 1. The molecule has 0 aliphatic heterocycles. The van der Waals surface area contributed by atoms with E-state index in [2.05, 4.69) is 31.4 Å². The molecule has 1 atom stereocenters.